The molecule has 1 heterocycles. The molecule has 2 aromatic rings. The SMILES string of the molecule is CCCS(=O)(=O)CCn1ccc2cc(/C(N)=N/O)ccc21. The van der Waals surface area contributed by atoms with Crippen molar-refractivity contribution in [3.63, 3.8) is 0 Å². The Kier molecular flexibility index (Phi) is 4.52. The molecule has 1 aromatic carbocycles. The van der Waals surface area contributed by atoms with Gasteiger partial charge in [-0.1, -0.05) is 12.1 Å². The molecule has 0 aliphatic rings. The number of nitrogens with zero attached hydrogens (tertiary/aromatic N) is 2. The Labute approximate surface area is 123 Å². The van der Waals surface area contributed by atoms with Gasteiger partial charge in [-0.05, 0) is 30.7 Å². The van der Waals surface area contributed by atoms with Gasteiger partial charge in [-0.3, -0.25) is 0 Å². The minimum absolute atomic E-state index is 0.0511. The van der Waals surface area contributed by atoms with E-state index in [1.54, 1.807) is 12.1 Å². The maximum atomic E-state index is 11.8. The Bertz CT molecular complexity index is 763. The van der Waals surface area contributed by atoms with E-state index >= 15 is 0 Å². The van der Waals surface area contributed by atoms with Crippen LogP contribution in [-0.4, -0.2) is 35.5 Å². The van der Waals surface area contributed by atoms with E-state index in [-0.39, 0.29) is 17.3 Å². The first-order valence-corrected chi connectivity index (χ1v) is 8.56. The van der Waals surface area contributed by atoms with Crippen LogP contribution in [0, 0.1) is 0 Å². The van der Waals surface area contributed by atoms with Crippen LogP contribution in [0.3, 0.4) is 0 Å². The second-order valence-corrected chi connectivity index (χ2v) is 7.22. The molecule has 0 bridgehead atoms. The zero-order chi connectivity index (χ0) is 15.5. The number of amidine groups is 1. The zero-order valence-electron chi connectivity index (χ0n) is 11.9. The number of oxime groups is 1. The van der Waals surface area contributed by atoms with Crippen molar-refractivity contribution >= 4 is 26.6 Å². The van der Waals surface area contributed by atoms with Gasteiger partial charge in [-0.15, -0.1) is 0 Å². The van der Waals surface area contributed by atoms with Crippen LogP contribution in [0.25, 0.3) is 10.9 Å². The molecule has 0 aliphatic carbocycles. The van der Waals surface area contributed by atoms with Crippen molar-refractivity contribution in [3.8, 4) is 0 Å². The van der Waals surface area contributed by atoms with E-state index in [2.05, 4.69) is 5.16 Å². The highest BCUT2D eigenvalue weighted by Gasteiger charge is 2.11. The van der Waals surface area contributed by atoms with Gasteiger partial charge in [-0.25, -0.2) is 8.42 Å². The normalized spacial score (nSPS) is 12.9. The molecule has 21 heavy (non-hydrogen) atoms. The van der Waals surface area contributed by atoms with E-state index in [9.17, 15) is 8.42 Å². The first-order chi connectivity index (χ1) is 9.96. The van der Waals surface area contributed by atoms with Gasteiger partial charge in [0.05, 0.1) is 5.75 Å². The molecule has 0 saturated carbocycles. The molecule has 0 saturated heterocycles. The number of nitrogens with two attached hydrogens (primary N) is 1. The summed E-state index contributed by atoms with van der Waals surface area (Å²) in [6.07, 6.45) is 2.49. The van der Waals surface area contributed by atoms with Crippen molar-refractivity contribution in [1.82, 2.24) is 4.57 Å². The summed E-state index contributed by atoms with van der Waals surface area (Å²) in [6, 6.07) is 7.28. The van der Waals surface area contributed by atoms with Crippen LogP contribution in [0.1, 0.15) is 18.9 Å². The lowest BCUT2D eigenvalue weighted by molar-refractivity contribution is 0.318. The largest absolute Gasteiger partial charge is 0.409 e. The maximum Gasteiger partial charge on any atom is 0.170 e. The van der Waals surface area contributed by atoms with Crippen LogP contribution in [-0.2, 0) is 16.4 Å². The molecular weight excluding hydrogens is 290 g/mol. The molecule has 2 rings (SSSR count). The number of sulfone groups is 1. The van der Waals surface area contributed by atoms with Gasteiger partial charge in [-0.2, -0.15) is 0 Å². The average molecular weight is 309 g/mol. The van der Waals surface area contributed by atoms with E-state index in [1.807, 2.05) is 29.8 Å². The van der Waals surface area contributed by atoms with Gasteiger partial charge in [0.2, 0.25) is 0 Å². The van der Waals surface area contributed by atoms with Crippen LogP contribution >= 0.6 is 0 Å². The summed E-state index contributed by atoms with van der Waals surface area (Å²) in [5.41, 5.74) is 7.11. The Balaban J connectivity index is 2.23. The van der Waals surface area contributed by atoms with Crippen molar-refractivity contribution in [2.24, 2.45) is 10.9 Å². The fourth-order valence-corrected chi connectivity index (χ4v) is 3.56. The fraction of sp³-hybridized carbons (Fsp3) is 0.357. The number of rotatable bonds is 6. The average Bonchev–Trinajstić information content (AvgIpc) is 2.86. The van der Waals surface area contributed by atoms with Crippen LogP contribution in [0.4, 0.5) is 0 Å². The molecule has 6 nitrogen and oxygen atoms in total. The molecule has 0 spiro atoms. The minimum atomic E-state index is -2.99. The molecule has 0 amide bonds. The molecule has 114 valence electrons. The van der Waals surface area contributed by atoms with Crippen LogP contribution in [0.5, 0.6) is 0 Å². The lowest BCUT2D eigenvalue weighted by atomic mass is 10.1. The second-order valence-electron chi connectivity index (χ2n) is 4.92. The third-order valence-electron chi connectivity index (χ3n) is 3.33. The predicted molar refractivity (Wildman–Crippen MR) is 83.4 cm³/mol. The summed E-state index contributed by atoms with van der Waals surface area (Å²) in [7, 11) is -2.99. The van der Waals surface area contributed by atoms with Crippen LogP contribution in [0.15, 0.2) is 35.6 Å². The van der Waals surface area contributed by atoms with Crippen molar-refractivity contribution in [2.45, 2.75) is 19.9 Å². The number of hydrogen-bond acceptors (Lipinski definition) is 4. The third kappa shape index (κ3) is 3.55. The number of benzene rings is 1. The van der Waals surface area contributed by atoms with Crippen molar-refractivity contribution < 1.29 is 13.6 Å². The highest BCUT2D eigenvalue weighted by molar-refractivity contribution is 7.91. The summed E-state index contributed by atoms with van der Waals surface area (Å²) in [5, 5.41) is 12.6. The van der Waals surface area contributed by atoms with E-state index in [0.29, 0.717) is 18.5 Å². The number of aromatic nitrogens is 1. The first-order valence-electron chi connectivity index (χ1n) is 6.74. The van der Waals surface area contributed by atoms with Gasteiger partial charge in [0.1, 0.15) is 0 Å². The minimum Gasteiger partial charge on any atom is -0.409 e. The van der Waals surface area contributed by atoms with Gasteiger partial charge >= 0.3 is 0 Å². The lowest BCUT2D eigenvalue weighted by Gasteiger charge is -2.07. The Morgan fingerprint density at radius 3 is 2.76 bits per heavy atom. The third-order valence-corrected chi connectivity index (χ3v) is 5.17. The van der Waals surface area contributed by atoms with E-state index < -0.39 is 9.84 Å². The van der Waals surface area contributed by atoms with Crippen molar-refractivity contribution in [3.05, 3.63) is 36.0 Å². The number of hydrogen-bond donors (Lipinski definition) is 2. The molecule has 0 unspecified atom stereocenters. The van der Waals surface area contributed by atoms with E-state index in [0.717, 1.165) is 10.9 Å². The molecule has 0 atom stereocenters. The maximum absolute atomic E-state index is 11.8. The van der Waals surface area contributed by atoms with Crippen molar-refractivity contribution in [1.29, 1.82) is 0 Å². The summed E-state index contributed by atoms with van der Waals surface area (Å²) in [4.78, 5) is 0. The van der Waals surface area contributed by atoms with Gasteiger partial charge in [0.25, 0.3) is 0 Å². The Morgan fingerprint density at radius 2 is 2.10 bits per heavy atom. The lowest BCUT2D eigenvalue weighted by Crippen LogP contribution is -2.15. The molecule has 3 N–H and O–H groups in total. The van der Waals surface area contributed by atoms with E-state index in [4.69, 9.17) is 10.9 Å². The quantitative estimate of drug-likeness (QED) is 0.366. The summed E-state index contributed by atoms with van der Waals surface area (Å²) < 4.78 is 25.4. The number of aryl methyl sites for hydroxylation is 1. The van der Waals surface area contributed by atoms with Gasteiger partial charge in [0.15, 0.2) is 15.7 Å². The Morgan fingerprint density at radius 1 is 1.33 bits per heavy atom. The first kappa shape index (κ1) is 15.4. The molecule has 0 radical (unpaired) electrons. The predicted octanol–water partition coefficient (Wildman–Crippen LogP) is 1.56. The number of fused-ring (bicyclic) bond motifs is 1. The summed E-state index contributed by atoms with van der Waals surface area (Å²) in [6.45, 7) is 2.28. The standard InChI is InChI=1S/C14H19N3O3S/c1-2-8-21(19,20)9-7-17-6-5-11-10-12(14(15)16-18)3-4-13(11)17/h3-6,10,18H,2,7-9H2,1H3,(H2,15,16). The smallest absolute Gasteiger partial charge is 0.170 e. The Hall–Kier alpha value is -2.02. The second kappa shape index (κ2) is 6.17. The van der Waals surface area contributed by atoms with E-state index in [1.165, 1.54) is 0 Å². The summed E-state index contributed by atoms with van der Waals surface area (Å²) >= 11 is 0. The van der Waals surface area contributed by atoms with Crippen molar-refractivity contribution in [2.75, 3.05) is 11.5 Å². The molecule has 1 aromatic heterocycles. The topological polar surface area (TPSA) is 97.7 Å². The highest BCUT2D eigenvalue weighted by atomic mass is 32.2. The zero-order valence-corrected chi connectivity index (χ0v) is 12.7. The van der Waals surface area contributed by atoms with Crippen LogP contribution < -0.4 is 5.73 Å². The fourth-order valence-electron chi connectivity index (χ4n) is 2.26. The van der Waals surface area contributed by atoms with Gasteiger partial charge < -0.3 is 15.5 Å². The highest BCUT2D eigenvalue weighted by Crippen LogP contribution is 2.18. The van der Waals surface area contributed by atoms with Crippen LogP contribution in [0.2, 0.25) is 0 Å². The monoisotopic (exact) mass is 309 g/mol. The molecule has 0 aliphatic heterocycles. The molecule has 0 fully saturated rings. The summed E-state index contributed by atoms with van der Waals surface area (Å²) in [5.74, 6) is 0.405. The van der Waals surface area contributed by atoms with Gasteiger partial charge in [0, 0.05) is 35.0 Å². The molecular formula is C14H19N3O3S. The molecule has 7 heteroatoms.